The van der Waals surface area contributed by atoms with E-state index in [1.807, 2.05) is 50.2 Å². The highest BCUT2D eigenvalue weighted by Gasteiger charge is 2.11. The van der Waals surface area contributed by atoms with Gasteiger partial charge in [0, 0.05) is 0 Å². The minimum Gasteiger partial charge on any atom is -0.349 e. The van der Waals surface area contributed by atoms with Crippen molar-refractivity contribution in [3.8, 4) is 0 Å². The number of benzene rings is 3. The molecule has 1 amide bonds. The summed E-state index contributed by atoms with van der Waals surface area (Å²) >= 11 is 0. The molecule has 1 unspecified atom stereocenters. The Morgan fingerprint density at radius 2 is 1.65 bits per heavy atom. The molecule has 0 aliphatic carbocycles. The van der Waals surface area contributed by atoms with E-state index in [0.29, 0.717) is 6.42 Å². The van der Waals surface area contributed by atoms with Crippen molar-refractivity contribution in [2.45, 2.75) is 26.3 Å². The fraction of sp³-hybridized carbons (Fsp3) is 0.190. The lowest BCUT2D eigenvalue weighted by Crippen LogP contribution is -2.28. The van der Waals surface area contributed by atoms with Gasteiger partial charge in [-0.15, -0.1) is 0 Å². The molecule has 3 aromatic rings. The molecule has 23 heavy (non-hydrogen) atoms. The maximum atomic E-state index is 12.3. The lowest BCUT2D eigenvalue weighted by molar-refractivity contribution is -0.121. The molecule has 2 nitrogen and oxygen atoms in total. The van der Waals surface area contributed by atoms with Crippen LogP contribution in [0, 0.1) is 6.92 Å². The van der Waals surface area contributed by atoms with Gasteiger partial charge in [0.05, 0.1) is 12.5 Å². The molecule has 3 rings (SSSR count). The monoisotopic (exact) mass is 303 g/mol. The first-order valence-corrected chi connectivity index (χ1v) is 7.96. The summed E-state index contributed by atoms with van der Waals surface area (Å²) in [6, 6.07) is 22.6. The van der Waals surface area contributed by atoms with Crippen LogP contribution >= 0.6 is 0 Å². The SMILES string of the molecule is Cc1ccccc1CC(=O)NC(C)c1ccc2ccccc2c1. The van der Waals surface area contributed by atoms with Crippen LogP contribution in [-0.2, 0) is 11.2 Å². The van der Waals surface area contributed by atoms with Crippen LogP contribution in [0.5, 0.6) is 0 Å². The highest BCUT2D eigenvalue weighted by Crippen LogP contribution is 2.20. The molecule has 0 aliphatic rings. The molecule has 0 saturated heterocycles. The number of aryl methyl sites for hydroxylation is 1. The van der Waals surface area contributed by atoms with Crippen LogP contribution in [0.25, 0.3) is 10.8 Å². The molecule has 0 bridgehead atoms. The van der Waals surface area contributed by atoms with E-state index in [-0.39, 0.29) is 11.9 Å². The Bertz CT molecular complexity index is 838. The fourth-order valence-electron chi connectivity index (χ4n) is 2.83. The Balaban J connectivity index is 1.71. The number of amides is 1. The third kappa shape index (κ3) is 3.59. The first-order chi connectivity index (χ1) is 11.1. The van der Waals surface area contributed by atoms with Crippen LogP contribution in [0.2, 0.25) is 0 Å². The maximum absolute atomic E-state index is 12.3. The van der Waals surface area contributed by atoms with Crippen molar-refractivity contribution >= 4 is 16.7 Å². The highest BCUT2D eigenvalue weighted by molar-refractivity contribution is 5.83. The van der Waals surface area contributed by atoms with Crippen molar-refractivity contribution in [2.24, 2.45) is 0 Å². The zero-order chi connectivity index (χ0) is 16.2. The lowest BCUT2D eigenvalue weighted by atomic mass is 10.0. The molecule has 0 aromatic heterocycles. The van der Waals surface area contributed by atoms with Crippen LogP contribution < -0.4 is 5.32 Å². The standard InChI is InChI=1S/C21H21NO/c1-15-7-3-4-9-18(15)14-21(23)22-16(2)19-12-11-17-8-5-6-10-20(17)13-19/h3-13,16H,14H2,1-2H3,(H,22,23). The molecular weight excluding hydrogens is 282 g/mol. The average molecular weight is 303 g/mol. The van der Waals surface area contributed by atoms with Gasteiger partial charge in [0.25, 0.3) is 0 Å². The summed E-state index contributed by atoms with van der Waals surface area (Å²) in [5.74, 6) is 0.0555. The number of rotatable bonds is 4. The second-order valence-corrected chi connectivity index (χ2v) is 6.00. The zero-order valence-corrected chi connectivity index (χ0v) is 13.5. The first-order valence-electron chi connectivity index (χ1n) is 7.96. The average Bonchev–Trinajstić information content (AvgIpc) is 2.56. The number of carbonyl (C=O) groups is 1. The molecule has 0 saturated carbocycles. The summed E-state index contributed by atoms with van der Waals surface area (Å²) in [4.78, 5) is 12.3. The van der Waals surface area contributed by atoms with Crippen molar-refractivity contribution < 1.29 is 4.79 Å². The van der Waals surface area contributed by atoms with Gasteiger partial charge in [-0.2, -0.15) is 0 Å². The van der Waals surface area contributed by atoms with E-state index in [1.54, 1.807) is 0 Å². The van der Waals surface area contributed by atoms with Gasteiger partial charge in [0.1, 0.15) is 0 Å². The quantitative estimate of drug-likeness (QED) is 0.751. The van der Waals surface area contributed by atoms with Crippen LogP contribution in [0.15, 0.2) is 66.7 Å². The molecule has 1 atom stereocenters. The van der Waals surface area contributed by atoms with Gasteiger partial charge < -0.3 is 5.32 Å². The Hall–Kier alpha value is -2.61. The fourth-order valence-corrected chi connectivity index (χ4v) is 2.83. The Morgan fingerprint density at radius 1 is 0.957 bits per heavy atom. The predicted molar refractivity (Wildman–Crippen MR) is 95.4 cm³/mol. The second kappa shape index (κ2) is 6.66. The summed E-state index contributed by atoms with van der Waals surface area (Å²) in [5.41, 5.74) is 3.36. The second-order valence-electron chi connectivity index (χ2n) is 6.00. The minimum atomic E-state index is -0.00359. The third-order valence-corrected chi connectivity index (χ3v) is 4.26. The van der Waals surface area contributed by atoms with E-state index >= 15 is 0 Å². The third-order valence-electron chi connectivity index (χ3n) is 4.26. The van der Waals surface area contributed by atoms with Crippen molar-refractivity contribution in [3.05, 3.63) is 83.4 Å². The van der Waals surface area contributed by atoms with Gasteiger partial charge in [-0.05, 0) is 47.4 Å². The molecule has 0 fully saturated rings. The maximum Gasteiger partial charge on any atom is 0.224 e. The topological polar surface area (TPSA) is 29.1 Å². The molecule has 2 heteroatoms. The number of hydrogen-bond donors (Lipinski definition) is 1. The van der Waals surface area contributed by atoms with Gasteiger partial charge in [-0.25, -0.2) is 0 Å². The number of fused-ring (bicyclic) bond motifs is 1. The van der Waals surface area contributed by atoms with Gasteiger partial charge in [-0.3, -0.25) is 4.79 Å². The molecular formula is C21H21NO. The molecule has 1 N–H and O–H groups in total. The van der Waals surface area contributed by atoms with Crippen molar-refractivity contribution in [3.63, 3.8) is 0 Å². The molecule has 0 aliphatic heterocycles. The molecule has 0 radical (unpaired) electrons. The van der Waals surface area contributed by atoms with E-state index in [9.17, 15) is 4.79 Å². The largest absolute Gasteiger partial charge is 0.349 e. The zero-order valence-electron chi connectivity index (χ0n) is 13.5. The number of hydrogen-bond acceptors (Lipinski definition) is 1. The van der Waals surface area contributed by atoms with Gasteiger partial charge in [0.2, 0.25) is 5.91 Å². The summed E-state index contributed by atoms with van der Waals surface area (Å²) < 4.78 is 0. The summed E-state index contributed by atoms with van der Waals surface area (Å²) in [5, 5.41) is 5.51. The molecule has 0 spiro atoms. The smallest absolute Gasteiger partial charge is 0.224 e. The number of carbonyl (C=O) groups excluding carboxylic acids is 1. The molecule has 116 valence electrons. The number of nitrogens with one attached hydrogen (secondary N) is 1. The van der Waals surface area contributed by atoms with Crippen LogP contribution in [0.3, 0.4) is 0 Å². The van der Waals surface area contributed by atoms with E-state index in [0.717, 1.165) is 16.7 Å². The van der Waals surface area contributed by atoms with Crippen molar-refractivity contribution in [1.29, 1.82) is 0 Å². The van der Waals surface area contributed by atoms with Gasteiger partial charge >= 0.3 is 0 Å². The Kier molecular flexibility index (Phi) is 4.42. The summed E-state index contributed by atoms with van der Waals surface area (Å²) in [6.45, 7) is 4.06. The molecule has 3 aromatic carbocycles. The van der Waals surface area contributed by atoms with E-state index in [1.165, 1.54) is 10.8 Å². The normalized spacial score (nSPS) is 12.1. The summed E-state index contributed by atoms with van der Waals surface area (Å²) in [6.07, 6.45) is 0.421. The van der Waals surface area contributed by atoms with Crippen molar-refractivity contribution in [1.82, 2.24) is 5.32 Å². The highest BCUT2D eigenvalue weighted by atomic mass is 16.1. The van der Waals surface area contributed by atoms with Crippen LogP contribution in [-0.4, -0.2) is 5.91 Å². The first kappa shape index (κ1) is 15.3. The van der Waals surface area contributed by atoms with E-state index < -0.39 is 0 Å². The predicted octanol–water partition coefficient (Wildman–Crippen LogP) is 4.57. The molecule has 0 heterocycles. The van der Waals surface area contributed by atoms with Gasteiger partial charge in [-0.1, -0.05) is 60.7 Å². The van der Waals surface area contributed by atoms with Crippen LogP contribution in [0.4, 0.5) is 0 Å². The Labute approximate surface area is 137 Å². The lowest BCUT2D eigenvalue weighted by Gasteiger charge is -2.15. The van der Waals surface area contributed by atoms with Crippen LogP contribution in [0.1, 0.15) is 29.7 Å². The van der Waals surface area contributed by atoms with Gasteiger partial charge in [0.15, 0.2) is 0 Å². The van der Waals surface area contributed by atoms with E-state index in [4.69, 9.17) is 0 Å². The van der Waals surface area contributed by atoms with Crippen molar-refractivity contribution in [2.75, 3.05) is 0 Å². The van der Waals surface area contributed by atoms with E-state index in [2.05, 4.69) is 35.6 Å². The Morgan fingerprint density at radius 3 is 2.43 bits per heavy atom. The minimum absolute atomic E-state index is 0.00359. The summed E-state index contributed by atoms with van der Waals surface area (Å²) in [7, 11) is 0.